The summed E-state index contributed by atoms with van der Waals surface area (Å²) in [7, 11) is 1.65. The maximum Gasteiger partial charge on any atom is 0.248 e. The van der Waals surface area contributed by atoms with E-state index < -0.39 is 5.54 Å². The minimum Gasteiger partial charge on any atom is -0.385 e. The van der Waals surface area contributed by atoms with Crippen LogP contribution >= 0.6 is 0 Å². The van der Waals surface area contributed by atoms with E-state index in [0.29, 0.717) is 18.8 Å². The molecule has 5 nitrogen and oxygen atoms in total. The first-order valence-electron chi connectivity index (χ1n) is 11.4. The molecule has 0 bridgehead atoms. The molecule has 1 heterocycles. The molecular weight excluding hydrogens is 405 g/mol. The smallest absolute Gasteiger partial charge is 0.248 e. The second-order valence-electron chi connectivity index (χ2n) is 8.58. The largest absolute Gasteiger partial charge is 0.385 e. The predicted molar refractivity (Wildman–Crippen MR) is 128 cm³/mol. The monoisotopic (exact) mass is 439 g/mol. The molecule has 0 saturated carbocycles. The lowest BCUT2D eigenvalue weighted by molar-refractivity contribution is -0.126. The standard InChI is InChI=1S/C26H34FN3O2/c1-5-6-8-23-24(20-11-9-19(2)10-12-20)29-30(22-15-13-21(27)14-16-22)26(23,3)25(31)28-17-7-18-32-4/h9-16,23H,5-8,17-18H2,1-4H3,(H,28,31). The molecule has 0 saturated heterocycles. The van der Waals surface area contributed by atoms with E-state index in [9.17, 15) is 9.18 Å². The van der Waals surface area contributed by atoms with Gasteiger partial charge in [0.15, 0.2) is 0 Å². The van der Waals surface area contributed by atoms with E-state index in [2.05, 4.69) is 43.4 Å². The van der Waals surface area contributed by atoms with Crippen LogP contribution in [0.2, 0.25) is 0 Å². The normalized spacial score (nSPS) is 20.3. The number of unbranched alkanes of at least 4 members (excludes halogenated alkanes) is 1. The molecule has 0 spiro atoms. The third kappa shape index (κ3) is 5.01. The summed E-state index contributed by atoms with van der Waals surface area (Å²) in [6, 6.07) is 14.5. The second-order valence-corrected chi connectivity index (χ2v) is 8.58. The van der Waals surface area contributed by atoms with Crippen molar-refractivity contribution in [2.24, 2.45) is 11.0 Å². The van der Waals surface area contributed by atoms with Gasteiger partial charge in [0.05, 0.1) is 11.4 Å². The van der Waals surface area contributed by atoms with E-state index in [4.69, 9.17) is 9.84 Å². The van der Waals surface area contributed by atoms with E-state index >= 15 is 0 Å². The Morgan fingerprint density at radius 3 is 2.47 bits per heavy atom. The summed E-state index contributed by atoms with van der Waals surface area (Å²) in [6.45, 7) is 7.27. The molecular formula is C26H34FN3O2. The lowest BCUT2D eigenvalue weighted by Crippen LogP contribution is -2.58. The van der Waals surface area contributed by atoms with Crippen molar-refractivity contribution in [3.8, 4) is 0 Å². The fraction of sp³-hybridized carbons (Fsp3) is 0.462. The van der Waals surface area contributed by atoms with Gasteiger partial charge in [-0.1, -0.05) is 49.6 Å². The molecule has 1 aliphatic heterocycles. The van der Waals surface area contributed by atoms with Gasteiger partial charge in [0.2, 0.25) is 5.91 Å². The van der Waals surface area contributed by atoms with Crippen LogP contribution in [0.25, 0.3) is 0 Å². The summed E-state index contributed by atoms with van der Waals surface area (Å²) in [5.74, 6) is -0.494. The molecule has 3 rings (SSSR count). The number of carbonyl (C=O) groups excluding carboxylic acids is 1. The Hall–Kier alpha value is -2.73. The van der Waals surface area contributed by atoms with Gasteiger partial charge < -0.3 is 10.1 Å². The molecule has 0 radical (unpaired) electrons. The number of hydrogen-bond acceptors (Lipinski definition) is 4. The van der Waals surface area contributed by atoms with Crippen LogP contribution < -0.4 is 10.3 Å². The van der Waals surface area contributed by atoms with Crippen LogP contribution in [0.1, 0.15) is 50.7 Å². The zero-order valence-corrected chi connectivity index (χ0v) is 19.5. The minimum atomic E-state index is -0.930. The number of hydrazone groups is 1. The molecule has 6 heteroatoms. The van der Waals surface area contributed by atoms with Gasteiger partial charge in [0, 0.05) is 26.2 Å². The molecule has 32 heavy (non-hydrogen) atoms. The highest BCUT2D eigenvalue weighted by Crippen LogP contribution is 2.41. The molecule has 0 aliphatic carbocycles. The molecule has 0 aromatic heterocycles. The third-order valence-corrected chi connectivity index (χ3v) is 6.19. The van der Waals surface area contributed by atoms with Gasteiger partial charge in [0.1, 0.15) is 11.4 Å². The van der Waals surface area contributed by atoms with E-state index in [1.165, 1.54) is 17.7 Å². The Bertz CT molecular complexity index is 927. The zero-order chi connectivity index (χ0) is 23.1. The number of nitrogens with zero attached hydrogens (tertiary/aromatic N) is 2. The quantitative estimate of drug-likeness (QED) is 0.526. The summed E-state index contributed by atoms with van der Waals surface area (Å²) in [5.41, 5.74) is 2.85. The van der Waals surface area contributed by atoms with Crippen molar-refractivity contribution < 1.29 is 13.9 Å². The topological polar surface area (TPSA) is 53.9 Å². The van der Waals surface area contributed by atoms with Crippen LogP contribution in [0, 0.1) is 18.7 Å². The first-order chi connectivity index (χ1) is 15.4. The Kier molecular flexibility index (Phi) is 8.02. The van der Waals surface area contributed by atoms with Gasteiger partial charge in [0.25, 0.3) is 0 Å². The molecule has 2 unspecified atom stereocenters. The molecule has 2 aromatic rings. The van der Waals surface area contributed by atoms with Crippen LogP contribution in [-0.2, 0) is 9.53 Å². The van der Waals surface area contributed by atoms with E-state index in [-0.39, 0.29) is 17.6 Å². The van der Waals surface area contributed by atoms with Crippen LogP contribution in [0.15, 0.2) is 53.6 Å². The zero-order valence-electron chi connectivity index (χ0n) is 19.5. The summed E-state index contributed by atoms with van der Waals surface area (Å²) in [6.07, 6.45) is 3.59. The van der Waals surface area contributed by atoms with Crippen LogP contribution in [-0.4, -0.2) is 37.4 Å². The highest BCUT2D eigenvalue weighted by molar-refractivity contribution is 6.10. The minimum absolute atomic E-state index is 0.0788. The van der Waals surface area contributed by atoms with Crippen molar-refractivity contribution in [1.29, 1.82) is 0 Å². The average molecular weight is 440 g/mol. The Morgan fingerprint density at radius 1 is 1.16 bits per heavy atom. The van der Waals surface area contributed by atoms with Gasteiger partial charge in [-0.25, -0.2) is 9.40 Å². The number of aryl methyl sites for hydroxylation is 1. The Labute approximate surface area is 190 Å². The Morgan fingerprint density at radius 2 is 1.84 bits per heavy atom. The van der Waals surface area contributed by atoms with Gasteiger partial charge in [-0.15, -0.1) is 0 Å². The molecule has 1 N–H and O–H groups in total. The summed E-state index contributed by atoms with van der Waals surface area (Å²) in [5, 5.41) is 9.86. The maximum atomic E-state index is 13.6. The van der Waals surface area contributed by atoms with Crippen molar-refractivity contribution in [2.75, 3.05) is 25.3 Å². The van der Waals surface area contributed by atoms with Crippen molar-refractivity contribution in [1.82, 2.24) is 5.32 Å². The number of rotatable bonds is 10. The van der Waals surface area contributed by atoms with Gasteiger partial charge >= 0.3 is 0 Å². The summed E-state index contributed by atoms with van der Waals surface area (Å²) >= 11 is 0. The first-order valence-corrected chi connectivity index (χ1v) is 11.4. The van der Waals surface area contributed by atoms with Gasteiger partial charge in [-0.3, -0.25) is 4.79 Å². The number of halogens is 1. The highest BCUT2D eigenvalue weighted by Gasteiger charge is 2.53. The third-order valence-electron chi connectivity index (χ3n) is 6.19. The molecule has 2 atom stereocenters. The number of amides is 1. The first kappa shape index (κ1) is 23.9. The van der Waals surface area contributed by atoms with E-state index in [1.807, 2.05) is 6.92 Å². The number of ether oxygens (including phenoxy) is 1. The second kappa shape index (κ2) is 10.7. The number of hydrogen-bond donors (Lipinski definition) is 1. The lowest BCUT2D eigenvalue weighted by atomic mass is 9.77. The number of carbonyl (C=O) groups is 1. The van der Waals surface area contributed by atoms with Crippen LogP contribution in [0.4, 0.5) is 10.1 Å². The molecule has 1 aliphatic rings. The van der Waals surface area contributed by atoms with Crippen molar-refractivity contribution >= 4 is 17.3 Å². The van der Waals surface area contributed by atoms with E-state index in [1.54, 1.807) is 24.3 Å². The predicted octanol–water partition coefficient (Wildman–Crippen LogP) is 5.08. The number of nitrogens with one attached hydrogen (secondary N) is 1. The summed E-state index contributed by atoms with van der Waals surface area (Å²) < 4.78 is 18.8. The molecule has 1 amide bonds. The van der Waals surface area contributed by atoms with Crippen molar-refractivity contribution in [2.45, 2.75) is 52.0 Å². The fourth-order valence-corrected chi connectivity index (χ4v) is 4.26. The molecule has 172 valence electrons. The van der Waals surface area contributed by atoms with Crippen molar-refractivity contribution in [3.05, 3.63) is 65.5 Å². The number of benzene rings is 2. The number of methoxy groups -OCH3 is 1. The van der Waals surface area contributed by atoms with Gasteiger partial charge in [-0.2, -0.15) is 5.10 Å². The SMILES string of the molecule is CCCCC1C(c2ccc(C)cc2)=NN(c2ccc(F)cc2)C1(C)C(=O)NCCCOC. The maximum absolute atomic E-state index is 13.6. The summed E-state index contributed by atoms with van der Waals surface area (Å²) in [4.78, 5) is 13.6. The molecule has 2 aromatic carbocycles. The van der Waals surface area contributed by atoms with Crippen LogP contribution in [0.5, 0.6) is 0 Å². The highest BCUT2D eigenvalue weighted by atomic mass is 19.1. The Balaban J connectivity index is 2.04. The average Bonchev–Trinajstić information content (AvgIpc) is 3.09. The van der Waals surface area contributed by atoms with Crippen molar-refractivity contribution in [3.63, 3.8) is 0 Å². The lowest BCUT2D eigenvalue weighted by Gasteiger charge is -2.37. The van der Waals surface area contributed by atoms with Gasteiger partial charge in [-0.05, 0) is 56.5 Å². The fourth-order valence-electron chi connectivity index (χ4n) is 4.26. The van der Waals surface area contributed by atoms with Crippen LogP contribution in [0.3, 0.4) is 0 Å². The number of anilines is 1. The van der Waals surface area contributed by atoms with E-state index in [0.717, 1.165) is 37.0 Å². The molecule has 0 fully saturated rings.